The maximum Gasteiger partial charge on any atom is 0.359 e. The Kier molecular flexibility index (Phi) is 14.3. The average molecular weight is 872 g/mol. The number of nitrogens with one attached hydrogen (secondary N) is 2. The van der Waals surface area contributed by atoms with Crippen molar-refractivity contribution in [2.24, 2.45) is 0 Å². The quantitative estimate of drug-likeness (QED) is 0.0676. The lowest BCUT2D eigenvalue weighted by molar-refractivity contribution is 0.0585. The number of aromatic nitrogens is 8. The predicted molar refractivity (Wildman–Crippen MR) is 213 cm³/mol. The second-order valence-electron chi connectivity index (χ2n) is 16.3. The number of alkyl halides is 2. The number of methoxy groups -OCH3 is 1. The molecule has 4 heterocycles. The maximum absolute atomic E-state index is 13.7. The summed E-state index contributed by atoms with van der Waals surface area (Å²) in [5.74, 6) is 0.208. The number of fused-ring (bicyclic) bond motifs is 2. The Morgan fingerprint density at radius 2 is 1.24 bits per heavy atom. The van der Waals surface area contributed by atoms with Gasteiger partial charge in [-0.25, -0.2) is 42.9 Å². The molecule has 2 fully saturated rings. The van der Waals surface area contributed by atoms with E-state index in [2.05, 4.69) is 96.0 Å². The lowest BCUT2D eigenvalue weighted by Crippen LogP contribution is -2.33. The van der Waals surface area contributed by atoms with E-state index in [0.29, 0.717) is 77.5 Å². The van der Waals surface area contributed by atoms with Crippen LogP contribution in [-0.2, 0) is 27.7 Å². The van der Waals surface area contributed by atoms with E-state index in [4.69, 9.17) is 14.2 Å². The molecule has 0 aromatic carbocycles. The normalized spacial score (nSPS) is 22.9. The van der Waals surface area contributed by atoms with Gasteiger partial charge in [-0.15, -0.1) is 0 Å². The summed E-state index contributed by atoms with van der Waals surface area (Å²) >= 11 is 3.45. The molecule has 2 aliphatic rings. The summed E-state index contributed by atoms with van der Waals surface area (Å²) in [6.07, 6.45) is -0.261. The molecule has 6 rings (SSSR count). The van der Waals surface area contributed by atoms with E-state index in [1.807, 2.05) is 0 Å². The molecule has 2 unspecified atom stereocenters. The van der Waals surface area contributed by atoms with Gasteiger partial charge in [-0.2, -0.15) is 10.2 Å². The van der Waals surface area contributed by atoms with Crippen molar-refractivity contribution in [2.45, 2.75) is 127 Å². The van der Waals surface area contributed by atoms with Gasteiger partial charge < -0.3 is 35.1 Å². The summed E-state index contributed by atoms with van der Waals surface area (Å²) in [5, 5.41) is 36.0. The second kappa shape index (κ2) is 18.4. The van der Waals surface area contributed by atoms with Gasteiger partial charge in [0.05, 0.1) is 30.0 Å². The summed E-state index contributed by atoms with van der Waals surface area (Å²) in [6.45, 7) is 15.4. The fourth-order valence-electron chi connectivity index (χ4n) is 6.20. The van der Waals surface area contributed by atoms with Crippen LogP contribution in [0.1, 0.15) is 36.2 Å². The van der Waals surface area contributed by atoms with Crippen molar-refractivity contribution in [1.29, 1.82) is 0 Å². The van der Waals surface area contributed by atoms with Crippen LogP contribution in [0.5, 0.6) is 0 Å². The van der Waals surface area contributed by atoms with Gasteiger partial charge in [0.15, 0.2) is 17.0 Å². The molecule has 0 amide bonds. The van der Waals surface area contributed by atoms with Crippen molar-refractivity contribution in [3.63, 3.8) is 0 Å². The van der Waals surface area contributed by atoms with Gasteiger partial charge in [0.1, 0.15) is 66.9 Å². The van der Waals surface area contributed by atoms with Crippen LogP contribution < -0.4 is 10.6 Å². The first-order valence-corrected chi connectivity index (χ1v) is 26.7. The van der Waals surface area contributed by atoms with Crippen molar-refractivity contribution < 1.29 is 38.0 Å². The molecule has 4 N–H and O–H groups in total. The van der Waals surface area contributed by atoms with Gasteiger partial charge in [0, 0.05) is 29.4 Å². The van der Waals surface area contributed by atoms with Gasteiger partial charge in [-0.1, -0.05) is 39.3 Å². The number of carbonyl (C=O) groups excluding carboxylic acids is 1. The summed E-state index contributed by atoms with van der Waals surface area (Å²) < 4.78 is 47.4. The van der Waals surface area contributed by atoms with Crippen LogP contribution in [0.15, 0.2) is 17.3 Å². The van der Waals surface area contributed by atoms with Gasteiger partial charge in [-0.3, -0.25) is 0 Å². The largest absolute Gasteiger partial charge is 0.464 e. The zero-order valence-electron chi connectivity index (χ0n) is 32.4. The molecule has 0 bridgehead atoms. The van der Waals surface area contributed by atoms with Crippen LogP contribution in [0, 0.1) is 0 Å². The first kappa shape index (κ1) is 42.9. The molecule has 0 radical (unpaired) electrons. The van der Waals surface area contributed by atoms with Crippen LogP contribution >= 0.6 is 15.9 Å². The Hall–Kier alpha value is -3.22. The molecule has 16 nitrogen and oxygen atoms in total. The van der Waals surface area contributed by atoms with E-state index in [0.717, 1.165) is 12.1 Å². The predicted octanol–water partition coefficient (Wildman–Crippen LogP) is 5.37. The third kappa shape index (κ3) is 11.0. The van der Waals surface area contributed by atoms with E-state index < -0.39 is 52.7 Å². The van der Waals surface area contributed by atoms with E-state index in [1.165, 1.54) is 24.4 Å². The van der Waals surface area contributed by atoms with Crippen LogP contribution in [0.4, 0.5) is 20.4 Å². The Balaban J connectivity index is 0.000000212. The number of aliphatic hydroxyl groups is 2. The minimum Gasteiger partial charge on any atom is -0.464 e. The van der Waals surface area contributed by atoms with Crippen LogP contribution in [0.25, 0.3) is 22.1 Å². The number of hydrogen-bond acceptors (Lipinski definition) is 14. The first-order valence-electron chi connectivity index (χ1n) is 18.5. The number of carbonyl (C=O) groups is 1. The van der Waals surface area contributed by atoms with Gasteiger partial charge >= 0.3 is 5.97 Å². The zero-order valence-corrected chi connectivity index (χ0v) is 36.0. The molecule has 21 heteroatoms. The lowest BCUT2D eigenvalue weighted by Gasteiger charge is -2.18. The molecular formula is C34H53BrF2N10O6Si2. The molecule has 2 saturated carbocycles. The van der Waals surface area contributed by atoms with E-state index in [9.17, 15) is 23.8 Å². The Morgan fingerprint density at radius 1 is 0.782 bits per heavy atom. The SMILES string of the molecule is COC(=O)c1nn(COCC[Si](C)(C)C)c2ncnc(NC3CC[C@H](F)[C@H]3O)c12.C[Si](C)(C)CCOCn1nc(Br)c2c(NC3CC[C@H](F)[C@H]3O)ncnc21. The summed E-state index contributed by atoms with van der Waals surface area (Å²) in [7, 11) is -1.10. The third-order valence-electron chi connectivity index (χ3n) is 9.53. The molecule has 4 aromatic heterocycles. The van der Waals surface area contributed by atoms with E-state index in [1.54, 1.807) is 4.68 Å². The molecule has 2 aliphatic carbocycles. The number of anilines is 2. The molecule has 304 valence electrons. The first-order chi connectivity index (χ1) is 26.0. The van der Waals surface area contributed by atoms with Crippen molar-refractivity contribution >= 4 is 71.7 Å². The number of esters is 1. The Bertz CT molecular complexity index is 1910. The van der Waals surface area contributed by atoms with Gasteiger partial charge in [-0.05, 0) is 53.7 Å². The highest BCUT2D eigenvalue weighted by molar-refractivity contribution is 9.10. The lowest BCUT2D eigenvalue weighted by atomic mass is 10.2. The van der Waals surface area contributed by atoms with E-state index in [-0.39, 0.29) is 24.9 Å². The zero-order chi connectivity index (χ0) is 40.1. The fraction of sp³-hybridized carbons (Fsp3) is 0.676. The molecule has 55 heavy (non-hydrogen) atoms. The third-order valence-corrected chi connectivity index (χ3v) is 13.5. The molecule has 0 saturated heterocycles. The number of rotatable bonds is 15. The monoisotopic (exact) mass is 870 g/mol. The van der Waals surface area contributed by atoms with E-state index >= 15 is 0 Å². The number of nitrogens with zero attached hydrogens (tertiary/aromatic N) is 8. The van der Waals surface area contributed by atoms with Crippen molar-refractivity contribution in [1.82, 2.24) is 39.5 Å². The van der Waals surface area contributed by atoms with Crippen molar-refractivity contribution in [3.8, 4) is 0 Å². The standard InChI is InChI=1S/C18H28FN5O4Si.C16H25BrFN5O2Si/c1-27-18(26)14-13-16(22-12-6-5-11(19)15(12)25)20-9-21-17(13)24(23-14)10-28-7-8-29(2,3)4;1-26(2,3)7-6-25-9-23-16-12(14(17)22-23)15(19-8-20-16)21-11-5-4-10(18)13(11)24/h9,11-12,15,25H,5-8,10H2,1-4H3,(H,20,21,22);8,10-11,13,24H,4-7,9H2,1-3H3,(H,19,20,21)/t11-,12?,15+;10-,11?,13+/m00/s1. The highest BCUT2D eigenvalue weighted by Crippen LogP contribution is 2.32. The topological polar surface area (TPSA) is 196 Å². The van der Waals surface area contributed by atoms with Crippen LogP contribution in [0.2, 0.25) is 51.4 Å². The molecular weight excluding hydrogens is 819 g/mol. The number of aliphatic hydroxyl groups excluding tert-OH is 2. The fourth-order valence-corrected chi connectivity index (χ4v) is 8.27. The highest BCUT2D eigenvalue weighted by atomic mass is 79.9. The molecule has 6 atom stereocenters. The van der Waals surface area contributed by atoms with Crippen molar-refractivity contribution in [2.75, 3.05) is 31.0 Å². The van der Waals surface area contributed by atoms with Crippen LogP contribution in [0.3, 0.4) is 0 Å². The maximum atomic E-state index is 13.7. The molecule has 0 spiro atoms. The number of halogens is 3. The summed E-state index contributed by atoms with van der Waals surface area (Å²) in [6, 6.07) is 1.21. The molecule has 0 aliphatic heterocycles. The Labute approximate surface area is 329 Å². The second-order valence-corrected chi connectivity index (χ2v) is 28.3. The smallest absolute Gasteiger partial charge is 0.359 e. The van der Waals surface area contributed by atoms with Gasteiger partial charge in [0.25, 0.3) is 0 Å². The summed E-state index contributed by atoms with van der Waals surface area (Å²) in [5.41, 5.74) is 1.08. The average Bonchev–Trinajstić information content (AvgIpc) is 3.86. The highest BCUT2D eigenvalue weighted by Gasteiger charge is 2.37. The van der Waals surface area contributed by atoms with Crippen molar-refractivity contribution in [3.05, 3.63) is 23.0 Å². The van der Waals surface area contributed by atoms with Gasteiger partial charge in [0.2, 0.25) is 0 Å². The number of hydrogen-bond donors (Lipinski definition) is 4. The minimum atomic E-state index is -1.28. The number of ether oxygens (including phenoxy) is 3. The minimum absolute atomic E-state index is 0.0451. The summed E-state index contributed by atoms with van der Waals surface area (Å²) in [4.78, 5) is 29.3. The Morgan fingerprint density at radius 3 is 1.67 bits per heavy atom. The van der Waals surface area contributed by atoms with Crippen LogP contribution in [-0.4, -0.2) is 129 Å². The molecule has 4 aromatic rings.